The highest BCUT2D eigenvalue weighted by Crippen LogP contribution is 2.26. The van der Waals surface area contributed by atoms with Crippen LogP contribution < -0.4 is 10.1 Å². The number of fused-ring (bicyclic) bond motifs is 1. The van der Waals surface area contributed by atoms with Crippen LogP contribution in [0.25, 0.3) is 5.69 Å². The summed E-state index contributed by atoms with van der Waals surface area (Å²) in [4.78, 5) is 12.3. The topological polar surface area (TPSA) is 56.2 Å². The first kappa shape index (κ1) is 18.3. The van der Waals surface area contributed by atoms with E-state index in [2.05, 4.69) is 22.5 Å². The maximum absolute atomic E-state index is 12.3. The van der Waals surface area contributed by atoms with E-state index in [9.17, 15) is 4.79 Å². The van der Waals surface area contributed by atoms with Gasteiger partial charge < -0.3 is 10.1 Å². The van der Waals surface area contributed by atoms with E-state index < -0.39 is 0 Å². The molecule has 0 radical (unpaired) electrons. The Hall–Kier alpha value is -3.08. The van der Waals surface area contributed by atoms with E-state index in [4.69, 9.17) is 4.74 Å². The van der Waals surface area contributed by atoms with Crippen molar-refractivity contribution < 1.29 is 9.53 Å². The number of carbonyl (C=O) groups is 1. The van der Waals surface area contributed by atoms with Gasteiger partial charge in [-0.3, -0.25) is 4.79 Å². The molecule has 0 saturated heterocycles. The molecular weight excluding hydrogens is 350 g/mol. The molecule has 3 aromatic rings. The van der Waals surface area contributed by atoms with Crippen molar-refractivity contribution in [2.75, 3.05) is 6.61 Å². The molecule has 144 valence electrons. The molecule has 1 heterocycles. The minimum atomic E-state index is -0.133. The summed E-state index contributed by atoms with van der Waals surface area (Å²) in [6, 6.07) is 16.1. The van der Waals surface area contributed by atoms with Crippen LogP contribution >= 0.6 is 0 Å². The zero-order valence-electron chi connectivity index (χ0n) is 16.4. The number of rotatable bonds is 6. The monoisotopic (exact) mass is 375 g/mol. The van der Waals surface area contributed by atoms with E-state index in [1.54, 1.807) is 0 Å². The lowest BCUT2D eigenvalue weighted by atomic mass is 10.1. The second-order valence-electron chi connectivity index (χ2n) is 7.25. The summed E-state index contributed by atoms with van der Waals surface area (Å²) in [5.41, 5.74) is 6.75. The lowest BCUT2D eigenvalue weighted by Gasteiger charge is -2.09. The fourth-order valence-corrected chi connectivity index (χ4v) is 3.78. The first-order chi connectivity index (χ1) is 13.6. The molecule has 1 aromatic heterocycles. The van der Waals surface area contributed by atoms with Crippen molar-refractivity contribution in [3.8, 4) is 11.4 Å². The van der Waals surface area contributed by atoms with Crippen LogP contribution in [0.5, 0.6) is 5.75 Å². The predicted molar refractivity (Wildman–Crippen MR) is 109 cm³/mol. The Labute approximate surface area is 165 Å². The number of para-hydroxylation sites is 1. The van der Waals surface area contributed by atoms with Gasteiger partial charge in [0.2, 0.25) is 0 Å². The van der Waals surface area contributed by atoms with Crippen LogP contribution in [0.4, 0.5) is 0 Å². The fraction of sp³-hybridized carbons (Fsp3) is 0.304. The fourth-order valence-electron chi connectivity index (χ4n) is 3.78. The lowest BCUT2D eigenvalue weighted by Crippen LogP contribution is -2.28. The van der Waals surface area contributed by atoms with Gasteiger partial charge in [-0.1, -0.05) is 24.3 Å². The van der Waals surface area contributed by atoms with Crippen LogP contribution in [0.15, 0.2) is 48.5 Å². The Bertz CT molecular complexity index is 993. The largest absolute Gasteiger partial charge is 0.484 e. The number of carbonyl (C=O) groups excluding carboxylic acids is 1. The van der Waals surface area contributed by atoms with Gasteiger partial charge in [0.25, 0.3) is 5.91 Å². The maximum Gasteiger partial charge on any atom is 0.258 e. The molecule has 5 heteroatoms. The molecule has 4 rings (SSSR count). The number of amides is 1. The quantitative estimate of drug-likeness (QED) is 0.715. The van der Waals surface area contributed by atoms with Crippen LogP contribution in [0.1, 0.15) is 34.5 Å². The van der Waals surface area contributed by atoms with Crippen molar-refractivity contribution in [1.82, 2.24) is 15.1 Å². The molecule has 0 atom stereocenters. The first-order valence-electron chi connectivity index (χ1n) is 9.73. The van der Waals surface area contributed by atoms with Gasteiger partial charge >= 0.3 is 0 Å². The molecule has 28 heavy (non-hydrogen) atoms. The third kappa shape index (κ3) is 3.79. The number of aromatic nitrogens is 2. The molecule has 0 bridgehead atoms. The van der Waals surface area contributed by atoms with Crippen molar-refractivity contribution in [2.45, 2.75) is 39.7 Å². The summed E-state index contributed by atoms with van der Waals surface area (Å²) in [5, 5.41) is 7.57. The van der Waals surface area contributed by atoms with Gasteiger partial charge in [-0.15, -0.1) is 0 Å². The molecular formula is C23H25N3O2. The van der Waals surface area contributed by atoms with Crippen molar-refractivity contribution in [3.05, 3.63) is 76.6 Å². The Morgan fingerprint density at radius 1 is 1.11 bits per heavy atom. The molecule has 1 aliphatic rings. The average molecular weight is 375 g/mol. The van der Waals surface area contributed by atoms with Crippen LogP contribution in [-0.4, -0.2) is 22.3 Å². The molecule has 0 aliphatic heterocycles. The van der Waals surface area contributed by atoms with Crippen LogP contribution in [-0.2, 0) is 24.2 Å². The Kier molecular flexibility index (Phi) is 5.15. The molecule has 1 aliphatic carbocycles. The molecule has 0 spiro atoms. The third-order valence-corrected chi connectivity index (χ3v) is 5.34. The number of benzene rings is 2. The predicted octanol–water partition coefficient (Wildman–Crippen LogP) is 3.67. The maximum atomic E-state index is 12.3. The molecule has 5 nitrogen and oxygen atoms in total. The van der Waals surface area contributed by atoms with Crippen LogP contribution in [0.3, 0.4) is 0 Å². The number of hydrogen-bond donors (Lipinski definition) is 1. The molecule has 0 saturated carbocycles. The summed E-state index contributed by atoms with van der Waals surface area (Å²) in [6.45, 7) is 4.45. The minimum Gasteiger partial charge on any atom is -0.484 e. The van der Waals surface area contributed by atoms with E-state index in [1.165, 1.54) is 17.5 Å². The second kappa shape index (κ2) is 7.89. The lowest BCUT2D eigenvalue weighted by molar-refractivity contribution is -0.123. The molecule has 1 N–H and O–H groups in total. The second-order valence-corrected chi connectivity index (χ2v) is 7.25. The summed E-state index contributed by atoms with van der Waals surface area (Å²) in [7, 11) is 0. The van der Waals surface area contributed by atoms with Gasteiger partial charge in [0, 0.05) is 17.8 Å². The number of nitrogens with zero attached hydrogens (tertiary/aromatic N) is 2. The highest BCUT2D eigenvalue weighted by molar-refractivity contribution is 5.77. The number of hydrogen-bond acceptors (Lipinski definition) is 3. The standard InChI is InChI=1S/C23H25N3O2/c1-16-22(17(2)26(25-16)20-9-4-3-5-10-20)14-24-23(27)15-28-21-12-11-18-7-6-8-19(18)13-21/h3-5,9-13H,6-8,14-15H2,1-2H3,(H,24,27). The van der Waals surface area contributed by atoms with E-state index >= 15 is 0 Å². The SMILES string of the molecule is Cc1nn(-c2ccccc2)c(C)c1CNC(=O)COc1ccc2c(c1)CCC2. The minimum absolute atomic E-state index is 0.0176. The van der Waals surface area contributed by atoms with Gasteiger partial charge in [0.05, 0.1) is 11.4 Å². The van der Waals surface area contributed by atoms with Gasteiger partial charge in [0.1, 0.15) is 5.75 Å². The Balaban J connectivity index is 1.35. The highest BCUT2D eigenvalue weighted by atomic mass is 16.5. The molecule has 1 amide bonds. The normalized spacial score (nSPS) is 12.6. The zero-order chi connectivity index (χ0) is 19.5. The number of ether oxygens (including phenoxy) is 1. The van der Waals surface area contributed by atoms with E-state index in [1.807, 2.05) is 54.9 Å². The van der Waals surface area contributed by atoms with Crippen LogP contribution in [0.2, 0.25) is 0 Å². The van der Waals surface area contributed by atoms with E-state index in [-0.39, 0.29) is 12.5 Å². The smallest absolute Gasteiger partial charge is 0.258 e. The summed E-state index contributed by atoms with van der Waals surface area (Å²) < 4.78 is 7.60. The Morgan fingerprint density at radius 2 is 1.89 bits per heavy atom. The van der Waals surface area contributed by atoms with E-state index in [0.29, 0.717) is 6.54 Å². The van der Waals surface area contributed by atoms with Crippen molar-refractivity contribution in [2.24, 2.45) is 0 Å². The number of nitrogens with one attached hydrogen (secondary N) is 1. The van der Waals surface area contributed by atoms with Crippen LogP contribution in [0, 0.1) is 13.8 Å². The summed E-state index contributed by atoms with van der Waals surface area (Å²) in [5.74, 6) is 0.631. The third-order valence-electron chi connectivity index (χ3n) is 5.34. The van der Waals surface area contributed by atoms with Crippen molar-refractivity contribution in [3.63, 3.8) is 0 Å². The average Bonchev–Trinajstić information content (AvgIpc) is 3.29. The van der Waals surface area contributed by atoms with Gasteiger partial charge in [-0.2, -0.15) is 5.10 Å². The first-order valence-corrected chi connectivity index (χ1v) is 9.73. The summed E-state index contributed by atoms with van der Waals surface area (Å²) >= 11 is 0. The molecule has 0 fully saturated rings. The highest BCUT2D eigenvalue weighted by Gasteiger charge is 2.15. The van der Waals surface area contributed by atoms with Crippen molar-refractivity contribution in [1.29, 1.82) is 0 Å². The molecule has 0 unspecified atom stereocenters. The van der Waals surface area contributed by atoms with Gasteiger partial charge in [-0.05, 0) is 68.5 Å². The number of aryl methyl sites for hydroxylation is 3. The summed E-state index contributed by atoms with van der Waals surface area (Å²) in [6.07, 6.45) is 3.45. The van der Waals surface area contributed by atoms with E-state index in [0.717, 1.165) is 41.2 Å². The van der Waals surface area contributed by atoms with Gasteiger partial charge in [-0.25, -0.2) is 4.68 Å². The zero-order valence-corrected chi connectivity index (χ0v) is 16.4. The molecule has 2 aromatic carbocycles. The van der Waals surface area contributed by atoms with Gasteiger partial charge in [0.15, 0.2) is 6.61 Å². The Morgan fingerprint density at radius 3 is 2.71 bits per heavy atom. The van der Waals surface area contributed by atoms with Crippen molar-refractivity contribution >= 4 is 5.91 Å².